The van der Waals surface area contributed by atoms with Crippen LogP contribution in [-0.2, 0) is 0 Å². The highest BCUT2D eigenvalue weighted by atomic mass is 19.1. The summed E-state index contributed by atoms with van der Waals surface area (Å²) in [6.07, 6.45) is 3.69. The van der Waals surface area contributed by atoms with Crippen LogP contribution in [0.3, 0.4) is 0 Å². The second-order valence-electron chi connectivity index (χ2n) is 5.26. The average Bonchev–Trinajstić information content (AvgIpc) is 2.44. The summed E-state index contributed by atoms with van der Waals surface area (Å²) in [6.45, 7) is 1.46. The molecule has 3 nitrogen and oxygen atoms in total. The van der Waals surface area contributed by atoms with Crippen molar-refractivity contribution >= 4 is 5.91 Å². The maximum atomic E-state index is 13.9. The molecular formula is C15H16F2N2O. The predicted molar refractivity (Wildman–Crippen MR) is 70.0 cm³/mol. The zero-order chi connectivity index (χ0) is 14.8. The quantitative estimate of drug-likeness (QED) is 0.903. The Bertz CT molecular complexity index is 572. The minimum atomic E-state index is -1.00. The van der Waals surface area contributed by atoms with E-state index in [9.17, 15) is 18.8 Å². The van der Waals surface area contributed by atoms with Gasteiger partial charge in [0.1, 0.15) is 22.7 Å². The van der Waals surface area contributed by atoms with E-state index in [0.717, 1.165) is 25.3 Å². The Morgan fingerprint density at radius 2 is 1.95 bits per heavy atom. The van der Waals surface area contributed by atoms with Crippen molar-refractivity contribution in [2.45, 2.75) is 44.6 Å². The lowest BCUT2D eigenvalue weighted by Gasteiger charge is -2.31. The molecule has 1 fully saturated rings. The van der Waals surface area contributed by atoms with Crippen molar-refractivity contribution in [1.82, 2.24) is 5.32 Å². The van der Waals surface area contributed by atoms with Crippen LogP contribution in [0.5, 0.6) is 0 Å². The van der Waals surface area contributed by atoms with Crippen LogP contribution >= 0.6 is 0 Å². The zero-order valence-corrected chi connectivity index (χ0v) is 11.3. The monoisotopic (exact) mass is 278 g/mol. The molecule has 2 rings (SSSR count). The lowest BCUT2D eigenvalue weighted by molar-refractivity contribution is 0.0894. The number of carbonyl (C=O) groups excluding carboxylic acids is 1. The van der Waals surface area contributed by atoms with Gasteiger partial charge in [-0.05, 0) is 31.4 Å². The molecule has 1 aliphatic carbocycles. The minimum absolute atomic E-state index is 0.200. The standard InChI is InChI=1S/C15H16F2N2O/c1-10-5-6-11(16)12(13(10)17)14(20)19-15(9-18)7-3-2-4-8-15/h5-6H,2-4,7-8H2,1H3,(H,19,20). The van der Waals surface area contributed by atoms with E-state index >= 15 is 0 Å². The number of aryl methyl sites for hydroxylation is 1. The van der Waals surface area contributed by atoms with E-state index < -0.39 is 28.6 Å². The van der Waals surface area contributed by atoms with Crippen molar-refractivity contribution in [1.29, 1.82) is 5.26 Å². The first-order valence-corrected chi connectivity index (χ1v) is 6.67. The number of carbonyl (C=O) groups is 1. The Morgan fingerprint density at radius 1 is 1.30 bits per heavy atom. The van der Waals surface area contributed by atoms with E-state index in [1.165, 1.54) is 13.0 Å². The fourth-order valence-corrected chi connectivity index (χ4v) is 2.56. The molecule has 0 heterocycles. The van der Waals surface area contributed by atoms with Crippen molar-refractivity contribution < 1.29 is 13.6 Å². The summed E-state index contributed by atoms with van der Waals surface area (Å²) in [7, 11) is 0. The first-order chi connectivity index (χ1) is 9.49. The number of nitrogens with zero attached hydrogens (tertiary/aromatic N) is 1. The van der Waals surface area contributed by atoms with Gasteiger partial charge in [0.2, 0.25) is 0 Å². The van der Waals surface area contributed by atoms with Gasteiger partial charge in [0.25, 0.3) is 5.91 Å². The molecule has 0 atom stereocenters. The molecule has 1 amide bonds. The highest BCUT2D eigenvalue weighted by Crippen LogP contribution is 2.28. The normalized spacial score (nSPS) is 17.3. The summed E-state index contributed by atoms with van der Waals surface area (Å²) >= 11 is 0. The molecule has 106 valence electrons. The SMILES string of the molecule is Cc1ccc(F)c(C(=O)NC2(C#N)CCCCC2)c1F. The predicted octanol–water partition coefficient (Wildman–Crippen LogP) is 3.23. The number of nitriles is 1. The van der Waals surface area contributed by atoms with Gasteiger partial charge in [0.15, 0.2) is 0 Å². The molecular weight excluding hydrogens is 262 g/mol. The van der Waals surface area contributed by atoms with E-state index in [-0.39, 0.29) is 5.56 Å². The molecule has 0 radical (unpaired) electrons. The van der Waals surface area contributed by atoms with Crippen LogP contribution in [0, 0.1) is 29.9 Å². The summed E-state index contributed by atoms with van der Waals surface area (Å²) in [5.74, 6) is -2.63. The van der Waals surface area contributed by atoms with Crippen molar-refractivity contribution in [3.8, 4) is 6.07 Å². The van der Waals surface area contributed by atoms with Crippen LogP contribution < -0.4 is 5.32 Å². The lowest BCUT2D eigenvalue weighted by atomic mass is 9.82. The Morgan fingerprint density at radius 3 is 2.55 bits per heavy atom. The largest absolute Gasteiger partial charge is 0.334 e. The molecule has 0 unspecified atom stereocenters. The molecule has 0 aromatic heterocycles. The van der Waals surface area contributed by atoms with Crippen LogP contribution in [0.25, 0.3) is 0 Å². The van der Waals surface area contributed by atoms with Crippen LogP contribution in [0.15, 0.2) is 12.1 Å². The van der Waals surface area contributed by atoms with Crippen molar-refractivity contribution in [3.05, 3.63) is 34.9 Å². The minimum Gasteiger partial charge on any atom is -0.334 e. The first kappa shape index (κ1) is 14.4. The highest BCUT2D eigenvalue weighted by molar-refractivity contribution is 5.95. The number of hydrogen-bond donors (Lipinski definition) is 1. The third-order valence-electron chi connectivity index (χ3n) is 3.79. The van der Waals surface area contributed by atoms with Crippen molar-refractivity contribution in [2.24, 2.45) is 0 Å². The second kappa shape index (κ2) is 5.58. The van der Waals surface area contributed by atoms with E-state index in [2.05, 4.69) is 11.4 Å². The van der Waals surface area contributed by atoms with Gasteiger partial charge in [-0.15, -0.1) is 0 Å². The molecule has 1 aromatic rings. The number of amides is 1. The van der Waals surface area contributed by atoms with Crippen molar-refractivity contribution in [2.75, 3.05) is 0 Å². The maximum Gasteiger partial charge on any atom is 0.258 e. The first-order valence-electron chi connectivity index (χ1n) is 6.67. The van der Waals surface area contributed by atoms with Gasteiger partial charge >= 0.3 is 0 Å². The third-order valence-corrected chi connectivity index (χ3v) is 3.79. The Labute approximate surface area is 116 Å². The summed E-state index contributed by atoms with van der Waals surface area (Å²) < 4.78 is 27.6. The smallest absolute Gasteiger partial charge is 0.258 e. The van der Waals surface area contributed by atoms with E-state index in [1.807, 2.05) is 0 Å². The average molecular weight is 278 g/mol. The molecule has 1 aliphatic rings. The van der Waals surface area contributed by atoms with Crippen LogP contribution in [0.4, 0.5) is 8.78 Å². The van der Waals surface area contributed by atoms with Gasteiger partial charge in [-0.25, -0.2) is 8.78 Å². The van der Waals surface area contributed by atoms with Gasteiger partial charge in [0.05, 0.1) is 6.07 Å². The number of benzene rings is 1. The van der Waals surface area contributed by atoms with E-state index in [0.29, 0.717) is 12.8 Å². The molecule has 0 saturated heterocycles. The molecule has 0 aliphatic heterocycles. The summed E-state index contributed by atoms with van der Waals surface area (Å²) in [5.41, 5.74) is -1.41. The summed E-state index contributed by atoms with van der Waals surface area (Å²) in [4.78, 5) is 12.1. The molecule has 0 bridgehead atoms. The molecule has 1 N–H and O–H groups in total. The zero-order valence-electron chi connectivity index (χ0n) is 11.3. The Kier molecular flexibility index (Phi) is 4.03. The molecule has 1 aromatic carbocycles. The van der Waals surface area contributed by atoms with Gasteiger partial charge in [-0.1, -0.05) is 25.3 Å². The van der Waals surface area contributed by atoms with Crippen LogP contribution in [-0.4, -0.2) is 11.4 Å². The fourth-order valence-electron chi connectivity index (χ4n) is 2.56. The third kappa shape index (κ3) is 2.64. The topological polar surface area (TPSA) is 52.9 Å². The fraction of sp³-hybridized carbons (Fsp3) is 0.467. The number of hydrogen-bond acceptors (Lipinski definition) is 2. The van der Waals surface area contributed by atoms with Crippen LogP contribution in [0.2, 0.25) is 0 Å². The van der Waals surface area contributed by atoms with Gasteiger partial charge < -0.3 is 5.32 Å². The van der Waals surface area contributed by atoms with E-state index in [1.54, 1.807) is 0 Å². The van der Waals surface area contributed by atoms with Gasteiger partial charge in [-0.3, -0.25) is 4.79 Å². The number of nitrogens with one attached hydrogen (secondary N) is 1. The Balaban J connectivity index is 2.29. The molecule has 1 saturated carbocycles. The number of rotatable bonds is 2. The lowest BCUT2D eigenvalue weighted by Crippen LogP contribution is -2.49. The van der Waals surface area contributed by atoms with Crippen LogP contribution in [0.1, 0.15) is 48.0 Å². The highest BCUT2D eigenvalue weighted by Gasteiger charge is 2.35. The molecule has 5 heteroatoms. The maximum absolute atomic E-state index is 13.9. The van der Waals surface area contributed by atoms with Gasteiger partial charge in [0, 0.05) is 0 Å². The van der Waals surface area contributed by atoms with Crippen molar-refractivity contribution in [3.63, 3.8) is 0 Å². The van der Waals surface area contributed by atoms with E-state index in [4.69, 9.17) is 0 Å². The Hall–Kier alpha value is -1.96. The summed E-state index contributed by atoms with van der Waals surface area (Å²) in [6, 6.07) is 4.44. The number of halogens is 2. The second-order valence-corrected chi connectivity index (χ2v) is 5.26. The van der Waals surface area contributed by atoms with Gasteiger partial charge in [-0.2, -0.15) is 5.26 Å². The molecule has 20 heavy (non-hydrogen) atoms. The summed E-state index contributed by atoms with van der Waals surface area (Å²) in [5, 5.41) is 11.8. The molecule has 0 spiro atoms.